The maximum Gasteiger partial charge on any atom is 0.244 e. The summed E-state index contributed by atoms with van der Waals surface area (Å²) in [4.78, 5) is 28.1. The van der Waals surface area contributed by atoms with Gasteiger partial charge in [0.2, 0.25) is 21.8 Å². The number of anilines is 1. The van der Waals surface area contributed by atoms with Crippen LogP contribution in [0.3, 0.4) is 0 Å². The van der Waals surface area contributed by atoms with Gasteiger partial charge in [-0.25, -0.2) is 8.42 Å². The maximum atomic E-state index is 13.7. The first-order valence-corrected chi connectivity index (χ1v) is 14.5. The quantitative estimate of drug-likeness (QED) is 0.385. The lowest BCUT2D eigenvalue weighted by Gasteiger charge is -2.33. The van der Waals surface area contributed by atoms with E-state index in [9.17, 15) is 18.0 Å². The third-order valence-electron chi connectivity index (χ3n) is 5.24. The second-order valence-corrected chi connectivity index (χ2v) is 12.2. The van der Waals surface area contributed by atoms with Crippen LogP contribution in [-0.4, -0.2) is 50.5 Å². The second kappa shape index (κ2) is 12.9. The van der Waals surface area contributed by atoms with Gasteiger partial charge >= 0.3 is 0 Å². The van der Waals surface area contributed by atoms with Crippen LogP contribution in [0.1, 0.15) is 32.8 Å². The first kappa shape index (κ1) is 29.4. The highest BCUT2D eigenvalue weighted by Gasteiger charge is 2.32. The van der Waals surface area contributed by atoms with Crippen LogP contribution in [0.25, 0.3) is 0 Å². The summed E-state index contributed by atoms with van der Waals surface area (Å²) in [5, 5.41) is 3.56. The van der Waals surface area contributed by atoms with Crippen molar-refractivity contribution in [2.24, 2.45) is 5.92 Å². The van der Waals surface area contributed by atoms with Gasteiger partial charge in [-0.1, -0.05) is 72.0 Å². The summed E-state index contributed by atoms with van der Waals surface area (Å²) >= 11 is 16.1. The van der Waals surface area contributed by atoms with Gasteiger partial charge in [0.05, 0.1) is 11.9 Å². The fraction of sp³-hybridized carbons (Fsp3) is 0.417. The lowest BCUT2D eigenvalue weighted by Crippen LogP contribution is -2.52. The van der Waals surface area contributed by atoms with E-state index < -0.39 is 28.5 Å². The van der Waals surface area contributed by atoms with Crippen molar-refractivity contribution < 1.29 is 18.0 Å². The van der Waals surface area contributed by atoms with E-state index in [2.05, 4.69) is 21.2 Å². The van der Waals surface area contributed by atoms with Crippen molar-refractivity contribution in [3.63, 3.8) is 0 Å². The van der Waals surface area contributed by atoms with E-state index in [1.165, 1.54) is 4.90 Å². The van der Waals surface area contributed by atoms with Crippen molar-refractivity contribution in [1.82, 2.24) is 10.2 Å². The Morgan fingerprint density at radius 3 is 2.20 bits per heavy atom. The van der Waals surface area contributed by atoms with Gasteiger partial charge in [-0.05, 0) is 42.7 Å². The Bertz CT molecular complexity index is 1140. The van der Waals surface area contributed by atoms with Crippen molar-refractivity contribution in [3.8, 4) is 0 Å². The number of nitrogens with zero attached hydrogens (tertiary/aromatic N) is 2. The van der Waals surface area contributed by atoms with Gasteiger partial charge < -0.3 is 10.2 Å². The van der Waals surface area contributed by atoms with Gasteiger partial charge in [-0.3, -0.25) is 13.9 Å². The molecule has 0 aromatic heterocycles. The standard InChI is InChI=1S/C24H30BrCl2N3O4S/c1-5-22(24(32)28-13-16(2)3)29(14-19-20(26)10-7-11-21(19)27)23(31)15-30(35(4,33)34)18-9-6-8-17(25)12-18/h6-12,16,22H,5,13-15H2,1-4H3,(H,28,32). The van der Waals surface area contributed by atoms with Crippen molar-refractivity contribution in [3.05, 3.63) is 62.5 Å². The Kier molecular flexibility index (Phi) is 10.9. The minimum absolute atomic E-state index is 0.0545. The molecular formula is C24H30BrCl2N3O4S. The zero-order chi connectivity index (χ0) is 26.3. The number of halogens is 3. The molecule has 0 fully saturated rings. The molecular weight excluding hydrogens is 577 g/mol. The molecule has 2 aromatic rings. The second-order valence-electron chi connectivity index (χ2n) is 8.53. The normalized spacial score (nSPS) is 12.3. The molecule has 1 N–H and O–H groups in total. The topological polar surface area (TPSA) is 86.8 Å². The average Bonchev–Trinajstić information content (AvgIpc) is 2.76. The van der Waals surface area contributed by atoms with Crippen LogP contribution < -0.4 is 9.62 Å². The Morgan fingerprint density at radius 2 is 1.69 bits per heavy atom. The van der Waals surface area contributed by atoms with E-state index in [0.717, 1.165) is 10.6 Å². The van der Waals surface area contributed by atoms with Crippen LogP contribution >= 0.6 is 39.1 Å². The van der Waals surface area contributed by atoms with Crippen molar-refractivity contribution >= 4 is 66.7 Å². The SMILES string of the molecule is CCC(C(=O)NCC(C)C)N(Cc1c(Cl)cccc1Cl)C(=O)CN(c1cccc(Br)c1)S(C)(=O)=O. The van der Waals surface area contributed by atoms with Crippen LogP contribution in [0, 0.1) is 5.92 Å². The molecule has 0 aliphatic carbocycles. The summed E-state index contributed by atoms with van der Waals surface area (Å²) < 4.78 is 27.0. The fourth-order valence-electron chi connectivity index (χ4n) is 3.44. The van der Waals surface area contributed by atoms with Crippen molar-refractivity contribution in [2.75, 3.05) is 23.7 Å². The molecule has 0 heterocycles. The average molecular weight is 607 g/mol. The highest BCUT2D eigenvalue weighted by atomic mass is 79.9. The Balaban J connectivity index is 2.48. The number of hydrogen-bond donors (Lipinski definition) is 1. The lowest BCUT2D eigenvalue weighted by molar-refractivity contribution is -0.140. The molecule has 1 unspecified atom stereocenters. The van der Waals surface area contributed by atoms with Gasteiger partial charge in [0.25, 0.3) is 0 Å². The number of sulfonamides is 1. The molecule has 2 aromatic carbocycles. The lowest BCUT2D eigenvalue weighted by atomic mass is 10.1. The number of nitrogens with one attached hydrogen (secondary N) is 1. The summed E-state index contributed by atoms with van der Waals surface area (Å²) in [6.07, 6.45) is 1.34. The molecule has 0 aliphatic rings. The Morgan fingerprint density at radius 1 is 1.09 bits per heavy atom. The predicted molar refractivity (Wildman–Crippen MR) is 145 cm³/mol. The van der Waals surface area contributed by atoms with Crippen molar-refractivity contribution in [1.29, 1.82) is 0 Å². The predicted octanol–water partition coefficient (Wildman–Crippen LogP) is 5.10. The molecule has 11 heteroatoms. The number of benzene rings is 2. The largest absolute Gasteiger partial charge is 0.354 e. The van der Waals surface area contributed by atoms with E-state index in [1.807, 2.05) is 13.8 Å². The molecule has 0 aliphatic heterocycles. The minimum atomic E-state index is -3.81. The maximum absolute atomic E-state index is 13.7. The first-order chi connectivity index (χ1) is 16.3. The van der Waals surface area contributed by atoms with E-state index >= 15 is 0 Å². The van der Waals surface area contributed by atoms with E-state index in [-0.39, 0.29) is 18.4 Å². The zero-order valence-electron chi connectivity index (χ0n) is 20.1. The third-order valence-corrected chi connectivity index (χ3v) is 7.58. The minimum Gasteiger partial charge on any atom is -0.354 e. The molecule has 35 heavy (non-hydrogen) atoms. The molecule has 2 rings (SSSR count). The molecule has 7 nitrogen and oxygen atoms in total. The molecule has 0 bridgehead atoms. The van der Waals surface area contributed by atoms with Gasteiger partial charge in [0.1, 0.15) is 12.6 Å². The van der Waals surface area contributed by atoms with Gasteiger partial charge in [-0.2, -0.15) is 0 Å². The molecule has 0 spiro atoms. The van der Waals surface area contributed by atoms with E-state index in [1.54, 1.807) is 49.4 Å². The Hall–Kier alpha value is -1.81. The number of rotatable bonds is 11. The third kappa shape index (κ3) is 8.37. The summed E-state index contributed by atoms with van der Waals surface area (Å²) in [6.45, 7) is 5.62. The summed E-state index contributed by atoms with van der Waals surface area (Å²) in [5.41, 5.74) is 0.802. The summed E-state index contributed by atoms with van der Waals surface area (Å²) in [5.74, 6) is -0.667. The number of carbonyl (C=O) groups is 2. The van der Waals surface area contributed by atoms with Crippen LogP contribution in [0.5, 0.6) is 0 Å². The van der Waals surface area contributed by atoms with Crippen molar-refractivity contribution in [2.45, 2.75) is 39.8 Å². The number of hydrogen-bond acceptors (Lipinski definition) is 4. The van der Waals surface area contributed by atoms with Crippen LogP contribution in [-0.2, 0) is 26.2 Å². The van der Waals surface area contributed by atoms with Gasteiger partial charge in [0.15, 0.2) is 0 Å². The molecule has 2 amide bonds. The highest BCUT2D eigenvalue weighted by molar-refractivity contribution is 9.10. The molecule has 192 valence electrons. The zero-order valence-corrected chi connectivity index (χ0v) is 24.0. The molecule has 1 atom stereocenters. The molecule has 0 radical (unpaired) electrons. The van der Waals surface area contributed by atoms with Crippen LogP contribution in [0.4, 0.5) is 5.69 Å². The molecule has 0 saturated carbocycles. The van der Waals surface area contributed by atoms with Crippen LogP contribution in [0.15, 0.2) is 46.9 Å². The fourth-order valence-corrected chi connectivity index (χ4v) is 5.19. The summed E-state index contributed by atoms with van der Waals surface area (Å²) in [7, 11) is -3.81. The first-order valence-electron chi connectivity index (χ1n) is 11.1. The Labute approximate surface area is 225 Å². The summed E-state index contributed by atoms with van der Waals surface area (Å²) in [6, 6.07) is 10.8. The monoisotopic (exact) mass is 605 g/mol. The van der Waals surface area contributed by atoms with E-state index in [4.69, 9.17) is 23.2 Å². The highest BCUT2D eigenvalue weighted by Crippen LogP contribution is 2.28. The number of carbonyl (C=O) groups excluding carboxylic acids is 2. The van der Waals surface area contributed by atoms with E-state index in [0.29, 0.717) is 38.7 Å². The van der Waals surface area contributed by atoms with Gasteiger partial charge in [0, 0.05) is 33.2 Å². The molecule has 0 saturated heterocycles. The van der Waals surface area contributed by atoms with Crippen LogP contribution in [0.2, 0.25) is 10.0 Å². The smallest absolute Gasteiger partial charge is 0.244 e. The number of amides is 2. The van der Waals surface area contributed by atoms with Gasteiger partial charge in [-0.15, -0.1) is 0 Å².